The maximum absolute atomic E-state index is 6.88. The maximum atomic E-state index is 6.88. The van der Waals surface area contributed by atoms with Crippen LogP contribution < -0.4 is 10.1 Å². The minimum absolute atomic E-state index is 0.187. The van der Waals surface area contributed by atoms with Crippen molar-refractivity contribution in [3.63, 3.8) is 0 Å². The predicted molar refractivity (Wildman–Crippen MR) is 230 cm³/mol. The molecule has 0 amide bonds. The Bertz CT molecular complexity index is 2910. The highest BCUT2D eigenvalue weighted by Gasteiger charge is 2.47. The van der Waals surface area contributed by atoms with Crippen molar-refractivity contribution in [3.8, 4) is 22.6 Å². The van der Waals surface area contributed by atoms with E-state index in [2.05, 4.69) is 206 Å². The van der Waals surface area contributed by atoms with Gasteiger partial charge >= 0.3 is 0 Å². The number of nitrogens with one attached hydrogen (secondary N) is 1. The largest absolute Gasteiger partial charge is 0.457 e. The molecule has 0 fully saturated rings. The van der Waals surface area contributed by atoms with Gasteiger partial charge in [0.05, 0.1) is 11.1 Å². The van der Waals surface area contributed by atoms with Crippen LogP contribution in [0.4, 0.5) is 5.69 Å². The summed E-state index contributed by atoms with van der Waals surface area (Å²) >= 11 is 0. The Labute approximate surface area is 326 Å². The van der Waals surface area contributed by atoms with Crippen LogP contribution >= 0.6 is 0 Å². The highest BCUT2D eigenvalue weighted by molar-refractivity contribution is 6.17. The number of anilines is 1. The Morgan fingerprint density at radius 3 is 1.79 bits per heavy atom. The molecule has 0 radical (unpaired) electrons. The van der Waals surface area contributed by atoms with E-state index in [1.807, 2.05) is 6.07 Å². The lowest BCUT2D eigenvalue weighted by molar-refractivity contribution is 0.436. The van der Waals surface area contributed by atoms with Gasteiger partial charge in [0.15, 0.2) is 0 Å². The van der Waals surface area contributed by atoms with Gasteiger partial charge in [-0.3, -0.25) is 4.99 Å². The van der Waals surface area contributed by atoms with Crippen molar-refractivity contribution in [3.05, 3.63) is 245 Å². The van der Waals surface area contributed by atoms with E-state index in [1.165, 1.54) is 32.7 Å². The number of para-hydroxylation sites is 2. The van der Waals surface area contributed by atoms with E-state index in [-0.39, 0.29) is 6.17 Å². The molecule has 11 rings (SSSR count). The monoisotopic (exact) mass is 716 g/mol. The van der Waals surface area contributed by atoms with Crippen molar-refractivity contribution >= 4 is 32.9 Å². The minimum atomic E-state index is -0.708. The molecule has 1 N–H and O–H groups in total. The number of aliphatic imine (C=N–C) groups is 1. The first-order chi connectivity index (χ1) is 27.8. The lowest BCUT2D eigenvalue weighted by Gasteiger charge is -2.43. The van der Waals surface area contributed by atoms with Crippen LogP contribution in [0.25, 0.3) is 32.7 Å². The van der Waals surface area contributed by atoms with Crippen molar-refractivity contribution in [2.75, 3.05) is 5.32 Å². The second-order valence-electron chi connectivity index (χ2n) is 14.7. The Kier molecular flexibility index (Phi) is 7.46. The summed E-state index contributed by atoms with van der Waals surface area (Å²) in [5.74, 6) is 1.72. The van der Waals surface area contributed by atoms with Gasteiger partial charge in [-0.15, -0.1) is 0 Å². The van der Waals surface area contributed by atoms with E-state index in [4.69, 9.17) is 9.73 Å². The molecule has 56 heavy (non-hydrogen) atoms. The van der Waals surface area contributed by atoms with E-state index >= 15 is 0 Å². The second-order valence-corrected chi connectivity index (χ2v) is 14.7. The molecule has 0 saturated heterocycles. The summed E-state index contributed by atoms with van der Waals surface area (Å²) in [6.07, 6.45) is -0.187. The van der Waals surface area contributed by atoms with E-state index in [0.717, 1.165) is 61.8 Å². The molecule has 3 heteroatoms. The molecule has 0 aliphatic carbocycles. The van der Waals surface area contributed by atoms with Crippen LogP contribution in [0.15, 0.2) is 211 Å². The number of hydrogen-bond donors (Lipinski definition) is 1. The molecule has 9 aromatic carbocycles. The van der Waals surface area contributed by atoms with Gasteiger partial charge in [-0.05, 0) is 79.7 Å². The fourth-order valence-electron chi connectivity index (χ4n) is 9.11. The summed E-state index contributed by atoms with van der Waals surface area (Å²) in [5.41, 5.74) is 11.6. The molecule has 0 spiro atoms. The number of benzene rings is 9. The molecule has 0 aromatic heterocycles. The van der Waals surface area contributed by atoms with Crippen molar-refractivity contribution in [1.82, 2.24) is 0 Å². The van der Waals surface area contributed by atoms with Crippen LogP contribution in [0, 0.1) is 0 Å². The molecule has 0 saturated carbocycles. The molecular weight excluding hydrogens is 681 g/mol. The van der Waals surface area contributed by atoms with Crippen LogP contribution in [-0.4, -0.2) is 5.71 Å². The Morgan fingerprint density at radius 2 is 1.00 bits per heavy atom. The van der Waals surface area contributed by atoms with Crippen LogP contribution in [-0.2, 0) is 5.41 Å². The van der Waals surface area contributed by atoms with Gasteiger partial charge in [0, 0.05) is 27.9 Å². The van der Waals surface area contributed by atoms with E-state index in [0.29, 0.717) is 0 Å². The van der Waals surface area contributed by atoms with Gasteiger partial charge in [0.1, 0.15) is 17.7 Å². The van der Waals surface area contributed by atoms with Crippen LogP contribution in [0.1, 0.15) is 45.1 Å². The standard InChI is InChI=1S/C53H36N2O/c1-2-17-37(18-3-1)52-54-48-29-10-8-25-43(48)51(55-52)40-22-12-21-38(33-40)39-31-32-50-47(34-39)53(46-26-9-11-30-49(46)56-50,44-27-13-19-35-15-4-6-23-41(35)44)45-28-14-20-36-16-5-7-24-42(36)45/h1-34,52,54H. The first kappa shape index (κ1) is 32.2. The smallest absolute Gasteiger partial charge is 0.145 e. The molecule has 1 unspecified atom stereocenters. The normalized spacial score (nSPS) is 15.1. The fourth-order valence-corrected chi connectivity index (χ4v) is 9.11. The first-order valence-corrected chi connectivity index (χ1v) is 19.2. The second kappa shape index (κ2) is 13.0. The molecule has 0 bridgehead atoms. The zero-order chi connectivity index (χ0) is 37.1. The Balaban J connectivity index is 1.16. The summed E-state index contributed by atoms with van der Waals surface area (Å²) in [6.45, 7) is 0. The number of nitrogens with zero attached hydrogens (tertiary/aromatic N) is 1. The molecular formula is C53H36N2O. The summed E-state index contributed by atoms with van der Waals surface area (Å²) in [6, 6.07) is 74.1. The van der Waals surface area contributed by atoms with Crippen molar-refractivity contribution in [2.45, 2.75) is 11.6 Å². The highest BCUT2D eigenvalue weighted by atomic mass is 16.5. The maximum Gasteiger partial charge on any atom is 0.145 e. The lowest BCUT2D eigenvalue weighted by Crippen LogP contribution is -2.34. The predicted octanol–water partition coefficient (Wildman–Crippen LogP) is 13.1. The number of hydrogen-bond acceptors (Lipinski definition) is 3. The van der Waals surface area contributed by atoms with Crippen LogP contribution in [0.3, 0.4) is 0 Å². The van der Waals surface area contributed by atoms with Gasteiger partial charge in [-0.25, -0.2) is 0 Å². The third-order valence-electron chi connectivity index (χ3n) is 11.6. The average Bonchev–Trinajstić information content (AvgIpc) is 3.28. The Morgan fingerprint density at radius 1 is 0.429 bits per heavy atom. The van der Waals surface area contributed by atoms with Gasteiger partial charge in [-0.2, -0.15) is 0 Å². The quantitative estimate of drug-likeness (QED) is 0.192. The SMILES string of the molecule is c1ccc(C2N=C(c3cccc(-c4ccc5c(c4)C(c4cccc6ccccc46)(c4cccc6ccccc46)c4ccccc4O5)c3)c3ccccc3N2)cc1. The number of fused-ring (bicyclic) bond motifs is 5. The first-order valence-electron chi connectivity index (χ1n) is 19.2. The van der Waals surface area contributed by atoms with Gasteiger partial charge in [-0.1, -0.05) is 176 Å². The van der Waals surface area contributed by atoms with Gasteiger partial charge < -0.3 is 10.1 Å². The van der Waals surface area contributed by atoms with E-state index in [9.17, 15) is 0 Å². The fraction of sp³-hybridized carbons (Fsp3) is 0.0377. The topological polar surface area (TPSA) is 33.6 Å². The van der Waals surface area contributed by atoms with Gasteiger partial charge in [0.2, 0.25) is 0 Å². The molecule has 3 nitrogen and oxygen atoms in total. The molecule has 9 aromatic rings. The summed E-state index contributed by atoms with van der Waals surface area (Å²) < 4.78 is 6.88. The third kappa shape index (κ3) is 5.02. The molecule has 1 atom stereocenters. The molecule has 2 aliphatic heterocycles. The van der Waals surface area contributed by atoms with E-state index < -0.39 is 5.41 Å². The van der Waals surface area contributed by atoms with E-state index in [1.54, 1.807) is 0 Å². The summed E-state index contributed by atoms with van der Waals surface area (Å²) in [4.78, 5) is 5.34. The average molecular weight is 717 g/mol. The van der Waals surface area contributed by atoms with Crippen molar-refractivity contribution in [1.29, 1.82) is 0 Å². The minimum Gasteiger partial charge on any atom is -0.457 e. The summed E-state index contributed by atoms with van der Waals surface area (Å²) in [5, 5.41) is 8.51. The van der Waals surface area contributed by atoms with Gasteiger partial charge in [0.25, 0.3) is 0 Å². The lowest BCUT2D eigenvalue weighted by atomic mass is 9.61. The number of ether oxygens (including phenoxy) is 1. The third-order valence-corrected chi connectivity index (χ3v) is 11.6. The van der Waals surface area contributed by atoms with Crippen molar-refractivity contribution < 1.29 is 4.74 Å². The zero-order valence-corrected chi connectivity index (χ0v) is 30.6. The highest BCUT2D eigenvalue weighted by Crippen LogP contribution is 2.58. The van der Waals surface area contributed by atoms with Crippen LogP contribution in [0.5, 0.6) is 11.5 Å². The molecule has 264 valence electrons. The Hall–Kier alpha value is -7.23. The number of rotatable bonds is 5. The summed E-state index contributed by atoms with van der Waals surface area (Å²) in [7, 11) is 0. The molecule has 2 heterocycles. The van der Waals surface area contributed by atoms with Crippen LogP contribution in [0.2, 0.25) is 0 Å². The zero-order valence-electron chi connectivity index (χ0n) is 30.6. The molecule has 2 aliphatic rings. The van der Waals surface area contributed by atoms with Crippen molar-refractivity contribution in [2.24, 2.45) is 4.99 Å².